The maximum Gasteiger partial charge on any atom is 0.392 e. The first-order valence-corrected chi connectivity index (χ1v) is 13.3. The van der Waals surface area contributed by atoms with Crippen LogP contribution in [0.2, 0.25) is 0 Å². The highest BCUT2D eigenvalue weighted by Crippen LogP contribution is 2.28. The second-order valence-electron chi connectivity index (χ2n) is 8.66. The van der Waals surface area contributed by atoms with Gasteiger partial charge in [-0.25, -0.2) is 0 Å². The zero-order chi connectivity index (χ0) is 24.9. The molecule has 2 atom stereocenters. The normalized spacial score (nSPS) is 14.2. The van der Waals surface area contributed by atoms with E-state index in [0.717, 1.165) is 44.9 Å². The first kappa shape index (κ1) is 29.6. The lowest BCUT2D eigenvalue weighted by Crippen LogP contribution is -2.33. The fourth-order valence-corrected chi connectivity index (χ4v) is 3.47. The average Bonchev–Trinajstić information content (AvgIpc) is 2.76. The van der Waals surface area contributed by atoms with Crippen molar-refractivity contribution in [2.24, 2.45) is 11.8 Å². The monoisotopic (exact) mass is 494 g/mol. The Hall–Kier alpha value is -1.45. The van der Waals surface area contributed by atoms with Crippen molar-refractivity contribution in [2.45, 2.75) is 84.5 Å². The molecule has 0 aliphatic heterocycles. The van der Waals surface area contributed by atoms with Crippen LogP contribution in [-0.4, -0.2) is 38.0 Å². The van der Waals surface area contributed by atoms with Crippen LogP contribution in [0.5, 0.6) is 11.5 Å². The molecule has 1 aromatic rings. The molecule has 0 saturated carbocycles. The Labute approximate surface area is 197 Å². The van der Waals surface area contributed by atoms with E-state index in [1.165, 1.54) is 0 Å². The van der Waals surface area contributed by atoms with Gasteiger partial charge in [0.25, 0.3) is 0 Å². The summed E-state index contributed by atoms with van der Waals surface area (Å²) in [5.41, 5.74) is 0.477. The molecule has 1 rings (SSSR count). The molecule has 192 valence electrons. The van der Waals surface area contributed by atoms with Gasteiger partial charge in [0.05, 0.1) is 19.8 Å². The fraction of sp³-hybridized carbons (Fsp3) is 0.750. The molecule has 0 fully saturated rings. The van der Waals surface area contributed by atoms with E-state index in [2.05, 4.69) is 27.7 Å². The molecular formula is C24H40F2O6S. The number of hydrogen-bond donors (Lipinski definition) is 1. The summed E-state index contributed by atoms with van der Waals surface area (Å²) in [5, 5.41) is -4.38. The molecule has 0 aliphatic rings. The van der Waals surface area contributed by atoms with Gasteiger partial charge < -0.3 is 14.2 Å². The van der Waals surface area contributed by atoms with Crippen molar-refractivity contribution in [1.29, 1.82) is 0 Å². The Kier molecular flexibility index (Phi) is 13.2. The quantitative estimate of drug-likeness (QED) is 0.235. The lowest BCUT2D eigenvalue weighted by atomic mass is 10.0. The lowest BCUT2D eigenvalue weighted by molar-refractivity contribution is -0.0270. The Morgan fingerprint density at radius 2 is 1.70 bits per heavy atom. The number of hydrogen-bond acceptors (Lipinski definition) is 5. The van der Waals surface area contributed by atoms with Crippen molar-refractivity contribution in [3.8, 4) is 11.5 Å². The van der Waals surface area contributed by atoms with Gasteiger partial charge in [-0.05, 0) is 42.9 Å². The molecular weight excluding hydrogens is 454 g/mol. The molecule has 0 spiro atoms. The van der Waals surface area contributed by atoms with E-state index >= 15 is 0 Å². The zero-order valence-corrected chi connectivity index (χ0v) is 21.1. The molecule has 1 N–H and O–H groups in total. The van der Waals surface area contributed by atoms with Gasteiger partial charge in [-0.2, -0.15) is 17.2 Å². The van der Waals surface area contributed by atoms with E-state index in [4.69, 9.17) is 18.8 Å². The second kappa shape index (κ2) is 14.7. The standard InChI is InChI=1S/C24H40F2O6S/c1-5-8-10-19(4)15-31-22-12-13-23(32-16-20(7-3)11-9-6-2)21(14-22)17-30-18-24(25,26)33(27,28)29/h12-14,19-20H,5-11,15-18H2,1-4H3,(H,27,28,29). The smallest absolute Gasteiger partial charge is 0.392 e. The Bertz CT molecular complexity index is 785. The SMILES string of the molecule is CCCCC(C)COc1ccc(OCC(CC)CCCC)c(COCC(F)(F)S(=O)(=O)O)c1. The van der Waals surface area contributed by atoms with E-state index in [1.807, 2.05) is 0 Å². The van der Waals surface area contributed by atoms with E-state index in [1.54, 1.807) is 18.2 Å². The van der Waals surface area contributed by atoms with Crippen molar-refractivity contribution < 1.29 is 36.0 Å². The van der Waals surface area contributed by atoms with E-state index < -0.39 is 22.0 Å². The number of benzene rings is 1. The molecule has 33 heavy (non-hydrogen) atoms. The van der Waals surface area contributed by atoms with Crippen molar-refractivity contribution in [3.63, 3.8) is 0 Å². The van der Waals surface area contributed by atoms with Crippen LogP contribution in [-0.2, 0) is 21.5 Å². The van der Waals surface area contributed by atoms with Gasteiger partial charge in [-0.3, -0.25) is 4.55 Å². The third-order valence-corrected chi connectivity index (χ3v) is 6.41. The third-order valence-electron chi connectivity index (χ3n) is 5.54. The lowest BCUT2D eigenvalue weighted by Gasteiger charge is -2.19. The number of unbranched alkanes of at least 4 members (excludes halogenated alkanes) is 2. The molecule has 9 heteroatoms. The minimum absolute atomic E-state index is 0.311. The van der Waals surface area contributed by atoms with Crippen LogP contribution >= 0.6 is 0 Å². The minimum Gasteiger partial charge on any atom is -0.493 e. The largest absolute Gasteiger partial charge is 0.493 e. The maximum atomic E-state index is 13.5. The van der Waals surface area contributed by atoms with Crippen molar-refractivity contribution in [3.05, 3.63) is 23.8 Å². The van der Waals surface area contributed by atoms with Crippen LogP contribution < -0.4 is 9.47 Å². The minimum atomic E-state index is -5.55. The number of ether oxygens (including phenoxy) is 3. The molecule has 6 nitrogen and oxygen atoms in total. The summed E-state index contributed by atoms with van der Waals surface area (Å²) in [5.74, 6) is 1.78. The molecule has 0 amide bonds. The zero-order valence-electron chi connectivity index (χ0n) is 20.3. The summed E-state index contributed by atoms with van der Waals surface area (Å²) in [6.45, 7) is 7.71. The average molecular weight is 495 g/mol. The highest BCUT2D eigenvalue weighted by Gasteiger charge is 2.44. The molecule has 1 aromatic carbocycles. The Morgan fingerprint density at radius 3 is 2.30 bits per heavy atom. The van der Waals surface area contributed by atoms with Gasteiger partial charge in [0, 0.05) is 5.56 Å². The predicted octanol–water partition coefficient (Wildman–Crippen LogP) is 6.48. The van der Waals surface area contributed by atoms with Gasteiger partial charge in [0.15, 0.2) is 0 Å². The predicted molar refractivity (Wildman–Crippen MR) is 126 cm³/mol. The van der Waals surface area contributed by atoms with Crippen molar-refractivity contribution >= 4 is 10.1 Å². The van der Waals surface area contributed by atoms with Gasteiger partial charge >= 0.3 is 15.4 Å². The molecule has 0 aliphatic carbocycles. The van der Waals surface area contributed by atoms with Crippen molar-refractivity contribution in [2.75, 3.05) is 19.8 Å². The highest BCUT2D eigenvalue weighted by atomic mass is 32.2. The highest BCUT2D eigenvalue weighted by molar-refractivity contribution is 7.86. The third kappa shape index (κ3) is 11.0. The van der Waals surface area contributed by atoms with E-state index in [9.17, 15) is 17.2 Å². The molecule has 0 saturated heterocycles. The summed E-state index contributed by atoms with van der Waals surface area (Å²) < 4.78 is 74.2. The van der Waals surface area contributed by atoms with Gasteiger partial charge in [-0.1, -0.05) is 59.8 Å². The summed E-state index contributed by atoms with van der Waals surface area (Å²) >= 11 is 0. The van der Waals surface area contributed by atoms with E-state index in [-0.39, 0.29) is 6.61 Å². The van der Waals surface area contributed by atoms with Crippen LogP contribution in [0.25, 0.3) is 0 Å². The van der Waals surface area contributed by atoms with E-state index in [0.29, 0.717) is 42.1 Å². The molecule has 0 aromatic heterocycles. The first-order valence-electron chi connectivity index (χ1n) is 11.8. The summed E-state index contributed by atoms with van der Waals surface area (Å²) in [4.78, 5) is 0. The maximum absolute atomic E-state index is 13.5. The fourth-order valence-electron chi connectivity index (χ4n) is 3.23. The van der Waals surface area contributed by atoms with Gasteiger partial charge in [-0.15, -0.1) is 0 Å². The van der Waals surface area contributed by atoms with Crippen LogP contribution in [0.1, 0.15) is 78.2 Å². The van der Waals surface area contributed by atoms with Crippen LogP contribution in [0.3, 0.4) is 0 Å². The molecule has 2 unspecified atom stereocenters. The Morgan fingerprint density at radius 1 is 1.03 bits per heavy atom. The van der Waals surface area contributed by atoms with Gasteiger partial charge in [0.2, 0.25) is 0 Å². The van der Waals surface area contributed by atoms with Gasteiger partial charge in [0.1, 0.15) is 18.1 Å². The Balaban J connectivity index is 2.89. The number of halogens is 2. The summed E-state index contributed by atoms with van der Waals surface area (Å²) in [6, 6.07) is 5.16. The topological polar surface area (TPSA) is 82.1 Å². The summed E-state index contributed by atoms with van der Waals surface area (Å²) in [6.07, 6.45) is 7.48. The summed E-state index contributed by atoms with van der Waals surface area (Å²) in [7, 11) is -5.55. The van der Waals surface area contributed by atoms with Crippen LogP contribution in [0.4, 0.5) is 8.78 Å². The second-order valence-corrected chi connectivity index (χ2v) is 10.2. The van der Waals surface area contributed by atoms with Crippen molar-refractivity contribution in [1.82, 2.24) is 0 Å². The van der Waals surface area contributed by atoms with Crippen LogP contribution in [0.15, 0.2) is 18.2 Å². The first-order chi connectivity index (χ1) is 15.5. The molecule has 0 radical (unpaired) electrons. The van der Waals surface area contributed by atoms with Crippen LogP contribution in [0, 0.1) is 11.8 Å². The molecule has 0 heterocycles. The number of alkyl halides is 2. The number of rotatable bonds is 18. The molecule has 0 bridgehead atoms.